The Bertz CT molecular complexity index is 412. The van der Waals surface area contributed by atoms with Crippen LogP contribution in [0.3, 0.4) is 0 Å². The van der Waals surface area contributed by atoms with Crippen molar-refractivity contribution in [1.82, 2.24) is 0 Å². The predicted octanol–water partition coefficient (Wildman–Crippen LogP) is 1.66. The molecule has 18 heavy (non-hydrogen) atoms. The number of anilines is 1. The van der Waals surface area contributed by atoms with Crippen LogP contribution in [0.2, 0.25) is 0 Å². The summed E-state index contributed by atoms with van der Waals surface area (Å²) in [5, 5.41) is 3.14. The largest absolute Gasteiger partial charge is 0.381 e. The van der Waals surface area contributed by atoms with Crippen LogP contribution in [-0.4, -0.2) is 24.7 Å². The molecule has 5 heteroatoms. The van der Waals surface area contributed by atoms with Gasteiger partial charge in [-0.05, 0) is 37.1 Å². The van der Waals surface area contributed by atoms with Crippen molar-refractivity contribution in [2.45, 2.75) is 24.8 Å². The molecule has 4 nitrogen and oxygen atoms in total. The Hall–Kier alpha value is -1.62. The van der Waals surface area contributed by atoms with Gasteiger partial charge < -0.3 is 15.8 Å². The molecular weight excluding hydrogens is 235 g/mol. The molecule has 0 aromatic heterocycles. The first-order valence-corrected chi connectivity index (χ1v) is 6.04. The number of benzene rings is 1. The van der Waals surface area contributed by atoms with Gasteiger partial charge in [-0.1, -0.05) is 0 Å². The molecule has 0 saturated carbocycles. The Morgan fingerprint density at radius 1 is 1.28 bits per heavy atom. The van der Waals surface area contributed by atoms with Crippen molar-refractivity contribution in [3.63, 3.8) is 0 Å². The highest BCUT2D eigenvalue weighted by Gasteiger charge is 2.37. The minimum Gasteiger partial charge on any atom is -0.381 e. The van der Waals surface area contributed by atoms with Gasteiger partial charge in [-0.15, -0.1) is 0 Å². The monoisotopic (exact) mass is 252 g/mol. The topological polar surface area (TPSA) is 64.4 Å². The molecule has 1 aliphatic rings. The van der Waals surface area contributed by atoms with E-state index >= 15 is 0 Å². The lowest BCUT2D eigenvalue weighted by molar-refractivity contribution is -0.122. The van der Waals surface area contributed by atoms with Crippen LogP contribution < -0.4 is 11.1 Å². The van der Waals surface area contributed by atoms with E-state index in [1.807, 2.05) is 0 Å². The Kier molecular flexibility index (Phi) is 3.81. The highest BCUT2D eigenvalue weighted by molar-refractivity contribution is 5.88. The van der Waals surface area contributed by atoms with E-state index in [-0.39, 0.29) is 5.82 Å². The fraction of sp³-hybridized carbons (Fsp3) is 0.462. The van der Waals surface area contributed by atoms with Crippen LogP contribution in [-0.2, 0) is 9.53 Å². The van der Waals surface area contributed by atoms with Gasteiger partial charge in [0.2, 0.25) is 5.91 Å². The Morgan fingerprint density at radius 2 is 2.00 bits per heavy atom. The molecule has 1 aromatic carbocycles. The normalized spacial score (nSPS) is 24.3. The average Bonchev–Trinajstić information content (AvgIpc) is 2.59. The first kappa shape index (κ1) is 12.8. The zero-order valence-electron chi connectivity index (χ0n) is 10.1. The van der Waals surface area contributed by atoms with E-state index in [1.165, 1.54) is 12.1 Å². The third-order valence-electron chi connectivity index (χ3n) is 3.26. The molecule has 0 radical (unpaired) electrons. The number of carbonyl (C=O) groups is 1. The molecule has 0 aliphatic carbocycles. The Balaban J connectivity index is 2.19. The number of primary amides is 1. The highest BCUT2D eigenvalue weighted by Crippen LogP contribution is 2.26. The minimum absolute atomic E-state index is 0.308. The Labute approximate surface area is 105 Å². The van der Waals surface area contributed by atoms with Gasteiger partial charge in [0.1, 0.15) is 11.4 Å². The molecule has 0 bridgehead atoms. The first-order valence-electron chi connectivity index (χ1n) is 6.04. The minimum atomic E-state index is -0.797. The van der Waals surface area contributed by atoms with Crippen LogP contribution >= 0.6 is 0 Å². The van der Waals surface area contributed by atoms with E-state index < -0.39 is 11.4 Å². The van der Waals surface area contributed by atoms with Crippen molar-refractivity contribution in [2.24, 2.45) is 5.73 Å². The zero-order valence-corrected chi connectivity index (χ0v) is 10.1. The van der Waals surface area contributed by atoms with Gasteiger partial charge in [0, 0.05) is 25.3 Å². The summed E-state index contributed by atoms with van der Waals surface area (Å²) in [5.41, 5.74) is 5.41. The average molecular weight is 252 g/mol. The smallest absolute Gasteiger partial charge is 0.243 e. The Morgan fingerprint density at radius 3 is 2.67 bits per heavy atom. The molecule has 1 aromatic rings. The number of ether oxygens (including phenoxy) is 1. The highest BCUT2D eigenvalue weighted by atomic mass is 19.1. The van der Waals surface area contributed by atoms with Crippen LogP contribution in [0.25, 0.3) is 0 Å². The number of halogens is 1. The molecule has 1 atom stereocenters. The SMILES string of the molecule is NC(=O)C1(Nc2ccc(F)cc2)CCCOCC1. The van der Waals surface area contributed by atoms with Crippen molar-refractivity contribution in [1.29, 1.82) is 0 Å². The van der Waals surface area contributed by atoms with E-state index in [0.29, 0.717) is 31.7 Å². The first-order chi connectivity index (χ1) is 8.62. The van der Waals surface area contributed by atoms with Gasteiger partial charge in [-0.25, -0.2) is 4.39 Å². The molecule has 1 fully saturated rings. The quantitative estimate of drug-likeness (QED) is 0.860. The molecule has 1 heterocycles. The third kappa shape index (κ3) is 2.79. The molecule has 3 N–H and O–H groups in total. The molecule has 1 aliphatic heterocycles. The molecule has 0 spiro atoms. The van der Waals surface area contributed by atoms with Crippen LogP contribution in [0.15, 0.2) is 24.3 Å². The lowest BCUT2D eigenvalue weighted by atomic mass is 9.89. The number of carbonyl (C=O) groups excluding carboxylic acids is 1. The molecule has 2 rings (SSSR count). The van der Waals surface area contributed by atoms with Crippen LogP contribution in [0.4, 0.5) is 10.1 Å². The molecule has 1 unspecified atom stereocenters. The van der Waals surface area contributed by atoms with Crippen molar-refractivity contribution in [2.75, 3.05) is 18.5 Å². The second-order valence-corrected chi connectivity index (χ2v) is 4.54. The molecular formula is C13H17FN2O2. The van der Waals surface area contributed by atoms with Gasteiger partial charge >= 0.3 is 0 Å². The van der Waals surface area contributed by atoms with Crippen LogP contribution in [0, 0.1) is 5.82 Å². The number of nitrogens with one attached hydrogen (secondary N) is 1. The van der Waals surface area contributed by atoms with E-state index in [1.54, 1.807) is 12.1 Å². The second-order valence-electron chi connectivity index (χ2n) is 4.54. The van der Waals surface area contributed by atoms with Crippen molar-refractivity contribution in [3.05, 3.63) is 30.1 Å². The maximum absolute atomic E-state index is 12.8. The van der Waals surface area contributed by atoms with Crippen LogP contribution in [0.1, 0.15) is 19.3 Å². The number of nitrogens with two attached hydrogens (primary N) is 1. The van der Waals surface area contributed by atoms with E-state index in [9.17, 15) is 9.18 Å². The molecule has 1 saturated heterocycles. The van der Waals surface area contributed by atoms with E-state index in [2.05, 4.69) is 5.32 Å². The maximum atomic E-state index is 12.8. The number of rotatable bonds is 3. The maximum Gasteiger partial charge on any atom is 0.243 e. The lowest BCUT2D eigenvalue weighted by Crippen LogP contribution is -2.50. The van der Waals surface area contributed by atoms with Gasteiger partial charge in [-0.3, -0.25) is 4.79 Å². The van der Waals surface area contributed by atoms with Crippen molar-refractivity contribution < 1.29 is 13.9 Å². The summed E-state index contributed by atoms with van der Waals surface area (Å²) in [5.74, 6) is -0.699. The standard InChI is InChI=1S/C13H17FN2O2/c14-10-2-4-11(5-3-10)16-13(12(15)17)6-1-8-18-9-7-13/h2-5,16H,1,6-9H2,(H2,15,17). The van der Waals surface area contributed by atoms with Crippen molar-refractivity contribution in [3.8, 4) is 0 Å². The lowest BCUT2D eigenvalue weighted by Gasteiger charge is -2.31. The third-order valence-corrected chi connectivity index (χ3v) is 3.26. The summed E-state index contributed by atoms with van der Waals surface area (Å²) in [4.78, 5) is 11.7. The fourth-order valence-corrected chi connectivity index (χ4v) is 2.19. The van der Waals surface area contributed by atoms with Crippen molar-refractivity contribution >= 4 is 11.6 Å². The summed E-state index contributed by atoms with van der Waals surface area (Å²) < 4.78 is 18.2. The summed E-state index contributed by atoms with van der Waals surface area (Å²) in [6, 6.07) is 5.91. The summed E-state index contributed by atoms with van der Waals surface area (Å²) in [6.07, 6.45) is 1.93. The van der Waals surface area contributed by atoms with E-state index in [4.69, 9.17) is 10.5 Å². The number of hydrogen-bond donors (Lipinski definition) is 2. The van der Waals surface area contributed by atoms with Gasteiger partial charge in [0.15, 0.2) is 0 Å². The summed E-state index contributed by atoms with van der Waals surface area (Å²) in [7, 11) is 0. The molecule has 98 valence electrons. The van der Waals surface area contributed by atoms with E-state index in [0.717, 1.165) is 6.42 Å². The fourth-order valence-electron chi connectivity index (χ4n) is 2.19. The number of amides is 1. The van der Waals surface area contributed by atoms with Gasteiger partial charge in [0.25, 0.3) is 0 Å². The summed E-state index contributed by atoms with van der Waals surface area (Å²) in [6.45, 7) is 1.14. The predicted molar refractivity (Wildman–Crippen MR) is 66.6 cm³/mol. The second kappa shape index (κ2) is 5.35. The molecule has 1 amide bonds. The van der Waals surface area contributed by atoms with Gasteiger partial charge in [0.05, 0.1) is 0 Å². The van der Waals surface area contributed by atoms with Gasteiger partial charge in [-0.2, -0.15) is 0 Å². The zero-order chi connectivity index (χ0) is 13.0. The van der Waals surface area contributed by atoms with Crippen LogP contribution in [0.5, 0.6) is 0 Å². The number of hydrogen-bond acceptors (Lipinski definition) is 3. The summed E-state index contributed by atoms with van der Waals surface area (Å²) >= 11 is 0.